The minimum Gasteiger partial charge on any atom is -0.353 e. The molecule has 0 aliphatic carbocycles. The van der Waals surface area contributed by atoms with Crippen molar-refractivity contribution in [3.05, 3.63) is 53.7 Å². The maximum Gasteiger partial charge on any atom is 0.433 e. The van der Waals surface area contributed by atoms with E-state index in [2.05, 4.69) is 9.97 Å². The van der Waals surface area contributed by atoms with E-state index in [0.29, 0.717) is 31.7 Å². The number of anilines is 1. The molecule has 5 nitrogen and oxygen atoms in total. The van der Waals surface area contributed by atoms with Crippen molar-refractivity contribution in [1.29, 1.82) is 0 Å². The normalized spacial score (nSPS) is 15.2. The third kappa shape index (κ3) is 4.27. The molecule has 1 fully saturated rings. The van der Waals surface area contributed by atoms with Gasteiger partial charge < -0.3 is 9.80 Å². The van der Waals surface area contributed by atoms with Crippen molar-refractivity contribution >= 4 is 11.7 Å². The monoisotopic (exact) mass is 368 g/mol. The van der Waals surface area contributed by atoms with Crippen LogP contribution in [-0.4, -0.2) is 47.0 Å². The Labute approximate surface area is 147 Å². The molecular weight excluding hydrogens is 352 g/mol. The van der Waals surface area contributed by atoms with E-state index in [-0.39, 0.29) is 18.1 Å². The highest BCUT2D eigenvalue weighted by Gasteiger charge is 2.33. The fraction of sp³-hybridized carbons (Fsp3) is 0.353. The van der Waals surface area contributed by atoms with Crippen molar-refractivity contribution in [3.8, 4) is 0 Å². The average Bonchev–Trinajstić information content (AvgIpc) is 2.61. The lowest BCUT2D eigenvalue weighted by Crippen LogP contribution is -2.49. The second kappa shape index (κ2) is 7.27. The van der Waals surface area contributed by atoms with Crippen molar-refractivity contribution in [3.63, 3.8) is 0 Å². The number of benzene rings is 1. The van der Waals surface area contributed by atoms with E-state index in [0.717, 1.165) is 12.4 Å². The minimum absolute atomic E-state index is 0.0868. The molecular formula is C17H16F4N4O. The van der Waals surface area contributed by atoms with Crippen molar-refractivity contribution in [2.75, 3.05) is 31.1 Å². The van der Waals surface area contributed by atoms with Crippen LogP contribution < -0.4 is 4.90 Å². The van der Waals surface area contributed by atoms with Crippen LogP contribution in [0.1, 0.15) is 11.3 Å². The van der Waals surface area contributed by atoms with Crippen LogP contribution in [-0.2, 0) is 17.4 Å². The largest absolute Gasteiger partial charge is 0.433 e. The van der Waals surface area contributed by atoms with E-state index in [1.165, 1.54) is 12.1 Å². The van der Waals surface area contributed by atoms with Crippen LogP contribution in [0.4, 0.5) is 23.4 Å². The summed E-state index contributed by atoms with van der Waals surface area (Å²) in [5.41, 5.74) is -0.407. The van der Waals surface area contributed by atoms with Crippen LogP contribution in [0.15, 0.2) is 36.7 Å². The van der Waals surface area contributed by atoms with Gasteiger partial charge in [-0.2, -0.15) is 13.2 Å². The number of carbonyl (C=O) groups is 1. The summed E-state index contributed by atoms with van der Waals surface area (Å²) in [5.74, 6) is -0.358. The fourth-order valence-corrected chi connectivity index (χ4v) is 2.79. The van der Waals surface area contributed by atoms with Crippen LogP contribution in [0.5, 0.6) is 0 Å². The molecule has 1 saturated heterocycles. The number of hydrogen-bond donors (Lipinski definition) is 0. The summed E-state index contributed by atoms with van der Waals surface area (Å²) in [6.45, 7) is 1.45. The van der Waals surface area contributed by atoms with Gasteiger partial charge in [0.15, 0.2) is 0 Å². The zero-order valence-corrected chi connectivity index (χ0v) is 13.7. The summed E-state index contributed by atoms with van der Waals surface area (Å²) in [7, 11) is 0. The predicted molar refractivity (Wildman–Crippen MR) is 85.9 cm³/mol. The number of amides is 1. The van der Waals surface area contributed by atoms with E-state index >= 15 is 0 Å². The van der Waals surface area contributed by atoms with E-state index in [1.807, 2.05) is 0 Å². The molecule has 0 saturated carbocycles. The molecule has 0 radical (unpaired) electrons. The molecule has 1 aliphatic rings. The maximum absolute atomic E-state index is 13.2. The zero-order valence-electron chi connectivity index (χ0n) is 13.7. The smallest absolute Gasteiger partial charge is 0.353 e. The van der Waals surface area contributed by atoms with Gasteiger partial charge in [-0.3, -0.25) is 4.79 Å². The highest BCUT2D eigenvalue weighted by Crippen LogP contribution is 2.29. The Morgan fingerprint density at radius 1 is 1.08 bits per heavy atom. The Bertz CT molecular complexity index is 788. The summed E-state index contributed by atoms with van der Waals surface area (Å²) >= 11 is 0. The van der Waals surface area contributed by atoms with Crippen LogP contribution in [0.2, 0.25) is 0 Å². The first-order valence-corrected chi connectivity index (χ1v) is 7.99. The molecule has 138 valence electrons. The van der Waals surface area contributed by atoms with Crippen molar-refractivity contribution < 1.29 is 22.4 Å². The zero-order chi connectivity index (χ0) is 18.7. The first-order valence-electron chi connectivity index (χ1n) is 7.99. The molecule has 2 heterocycles. The topological polar surface area (TPSA) is 49.3 Å². The molecule has 0 unspecified atom stereocenters. The van der Waals surface area contributed by atoms with Gasteiger partial charge in [0.25, 0.3) is 0 Å². The van der Waals surface area contributed by atoms with Gasteiger partial charge >= 0.3 is 6.18 Å². The number of alkyl halides is 3. The summed E-state index contributed by atoms with van der Waals surface area (Å²) in [6.07, 6.45) is -3.55. The minimum atomic E-state index is -4.53. The van der Waals surface area contributed by atoms with Gasteiger partial charge in [0.05, 0.1) is 6.42 Å². The molecule has 0 atom stereocenters. The first-order chi connectivity index (χ1) is 12.3. The molecule has 26 heavy (non-hydrogen) atoms. The van der Waals surface area contributed by atoms with Gasteiger partial charge in [-0.05, 0) is 17.7 Å². The lowest BCUT2D eigenvalue weighted by atomic mass is 10.1. The maximum atomic E-state index is 13.2. The standard InChI is InChI=1S/C17H16F4N4O/c18-13-3-1-2-12(8-13)9-16(26)25-6-4-24(5-7-25)15-10-14(17(19,20)21)22-11-23-15/h1-3,8,10-11H,4-7,9H2. The van der Waals surface area contributed by atoms with E-state index in [4.69, 9.17) is 0 Å². The number of halogens is 4. The quantitative estimate of drug-likeness (QED) is 0.782. The lowest BCUT2D eigenvalue weighted by molar-refractivity contribution is -0.141. The van der Waals surface area contributed by atoms with Gasteiger partial charge in [0.2, 0.25) is 5.91 Å². The van der Waals surface area contributed by atoms with Crippen LogP contribution >= 0.6 is 0 Å². The third-order valence-corrected chi connectivity index (χ3v) is 4.14. The Hall–Kier alpha value is -2.71. The Morgan fingerprint density at radius 2 is 1.81 bits per heavy atom. The van der Waals surface area contributed by atoms with Crippen LogP contribution in [0, 0.1) is 5.82 Å². The molecule has 0 spiro atoms. The van der Waals surface area contributed by atoms with E-state index in [1.54, 1.807) is 21.9 Å². The predicted octanol–water partition coefficient (Wildman–Crippen LogP) is 2.53. The fourth-order valence-electron chi connectivity index (χ4n) is 2.79. The molecule has 0 bridgehead atoms. The van der Waals surface area contributed by atoms with Gasteiger partial charge in [-0.1, -0.05) is 12.1 Å². The van der Waals surface area contributed by atoms with Crippen molar-refractivity contribution in [1.82, 2.24) is 14.9 Å². The van der Waals surface area contributed by atoms with Crippen molar-refractivity contribution in [2.45, 2.75) is 12.6 Å². The molecule has 0 N–H and O–H groups in total. The number of aromatic nitrogens is 2. The number of rotatable bonds is 3. The number of piperazine rings is 1. The Morgan fingerprint density at radius 3 is 2.46 bits per heavy atom. The van der Waals surface area contributed by atoms with Crippen LogP contribution in [0.25, 0.3) is 0 Å². The van der Waals surface area contributed by atoms with Gasteiger partial charge in [-0.15, -0.1) is 0 Å². The molecule has 2 aromatic rings. The second-order valence-corrected chi connectivity index (χ2v) is 5.93. The van der Waals surface area contributed by atoms with Gasteiger partial charge in [0.1, 0.15) is 23.7 Å². The highest BCUT2D eigenvalue weighted by atomic mass is 19.4. The van der Waals surface area contributed by atoms with E-state index in [9.17, 15) is 22.4 Å². The SMILES string of the molecule is O=C(Cc1cccc(F)c1)N1CCN(c2cc(C(F)(F)F)ncn2)CC1. The lowest BCUT2D eigenvalue weighted by Gasteiger charge is -2.35. The Kier molecular flexibility index (Phi) is 5.06. The first kappa shape index (κ1) is 18.1. The molecule has 3 rings (SSSR count). The number of carbonyl (C=O) groups excluding carboxylic acids is 1. The summed E-state index contributed by atoms with van der Waals surface area (Å²) in [5, 5.41) is 0. The molecule has 1 aromatic carbocycles. The number of hydrogen-bond acceptors (Lipinski definition) is 4. The van der Waals surface area contributed by atoms with Gasteiger partial charge in [-0.25, -0.2) is 14.4 Å². The summed E-state index contributed by atoms with van der Waals surface area (Å²) in [6, 6.07) is 6.75. The molecule has 9 heteroatoms. The molecule has 1 aromatic heterocycles. The third-order valence-electron chi connectivity index (χ3n) is 4.14. The van der Waals surface area contributed by atoms with Crippen molar-refractivity contribution in [2.24, 2.45) is 0 Å². The summed E-state index contributed by atoms with van der Waals surface area (Å²) < 4.78 is 51.4. The van der Waals surface area contributed by atoms with E-state index < -0.39 is 17.7 Å². The average molecular weight is 368 g/mol. The second-order valence-electron chi connectivity index (χ2n) is 5.93. The van der Waals surface area contributed by atoms with Crippen LogP contribution in [0.3, 0.4) is 0 Å². The molecule has 1 aliphatic heterocycles. The van der Waals surface area contributed by atoms with Gasteiger partial charge in [0, 0.05) is 32.2 Å². The molecule has 1 amide bonds. The highest BCUT2D eigenvalue weighted by molar-refractivity contribution is 5.79. The summed E-state index contributed by atoms with van der Waals surface area (Å²) in [4.78, 5) is 22.8. The number of nitrogens with zero attached hydrogens (tertiary/aromatic N) is 4. The Balaban J connectivity index is 1.60.